The summed E-state index contributed by atoms with van der Waals surface area (Å²) in [5, 5.41) is 0. The number of ether oxygens (including phenoxy) is 3. The van der Waals surface area contributed by atoms with Crippen molar-refractivity contribution < 1.29 is 59.3 Å². The number of carbonyl (C=O) groups excluding carboxylic acids is 3. The quantitative estimate of drug-likeness (QED) is 0.227. The highest BCUT2D eigenvalue weighted by atomic mass is 19.3. The standard InChI is InChI=1S/C18H17F7O6/c1-4-11(26)29-8-14(19)7-15(20,9-30-12(27)5-2)18(24,25)16(21,17(14,22)23)10-31-13(28)6-3/h4-6H,1-3,7-10H2. The largest absolute Gasteiger partial charge is 0.459 e. The molecule has 0 aromatic carbocycles. The summed E-state index contributed by atoms with van der Waals surface area (Å²) < 4.78 is 117. The van der Waals surface area contributed by atoms with Gasteiger partial charge in [0.25, 0.3) is 5.67 Å². The van der Waals surface area contributed by atoms with Gasteiger partial charge < -0.3 is 14.2 Å². The number of esters is 3. The Kier molecular flexibility index (Phi) is 7.36. The molecular weight excluding hydrogens is 445 g/mol. The van der Waals surface area contributed by atoms with Gasteiger partial charge in [0.15, 0.2) is 0 Å². The molecule has 2 atom stereocenters. The molecule has 1 rings (SSSR count). The van der Waals surface area contributed by atoms with Crippen LogP contribution in [0, 0.1) is 0 Å². The number of carbonyl (C=O) groups is 3. The van der Waals surface area contributed by atoms with Crippen LogP contribution < -0.4 is 0 Å². The van der Waals surface area contributed by atoms with Gasteiger partial charge in [-0.15, -0.1) is 0 Å². The lowest BCUT2D eigenvalue weighted by atomic mass is 9.65. The van der Waals surface area contributed by atoms with Gasteiger partial charge in [0.05, 0.1) is 0 Å². The van der Waals surface area contributed by atoms with Gasteiger partial charge in [-0.05, 0) is 0 Å². The van der Waals surface area contributed by atoms with E-state index in [4.69, 9.17) is 0 Å². The third-order valence-electron chi connectivity index (χ3n) is 4.48. The van der Waals surface area contributed by atoms with E-state index in [1.165, 1.54) is 0 Å². The first-order valence-electron chi connectivity index (χ1n) is 8.27. The maximum Gasteiger partial charge on any atom is 0.330 e. The molecule has 1 aliphatic carbocycles. The van der Waals surface area contributed by atoms with Crippen LogP contribution in [-0.2, 0) is 28.6 Å². The minimum atomic E-state index is -5.77. The summed E-state index contributed by atoms with van der Waals surface area (Å²) in [6, 6.07) is 0. The van der Waals surface area contributed by atoms with E-state index < -0.39 is 73.0 Å². The van der Waals surface area contributed by atoms with Gasteiger partial charge >= 0.3 is 29.8 Å². The fourth-order valence-corrected chi connectivity index (χ4v) is 2.76. The van der Waals surface area contributed by atoms with E-state index in [2.05, 4.69) is 33.9 Å². The molecule has 0 bridgehead atoms. The minimum absolute atomic E-state index is 0.297. The average Bonchev–Trinajstić information content (AvgIpc) is 2.72. The highest BCUT2D eigenvalue weighted by Gasteiger charge is 2.89. The number of halogens is 7. The third-order valence-corrected chi connectivity index (χ3v) is 4.48. The maximum atomic E-state index is 15.2. The Morgan fingerprint density at radius 1 is 0.645 bits per heavy atom. The monoisotopic (exact) mass is 462 g/mol. The lowest BCUT2D eigenvalue weighted by Crippen LogP contribution is -2.80. The van der Waals surface area contributed by atoms with Crippen molar-refractivity contribution in [3.63, 3.8) is 0 Å². The molecule has 0 aromatic rings. The van der Waals surface area contributed by atoms with E-state index >= 15 is 13.2 Å². The van der Waals surface area contributed by atoms with E-state index in [9.17, 15) is 31.9 Å². The van der Waals surface area contributed by atoms with Crippen LogP contribution in [0.2, 0.25) is 0 Å². The van der Waals surface area contributed by atoms with Crippen molar-refractivity contribution in [3.05, 3.63) is 38.0 Å². The zero-order valence-corrected chi connectivity index (χ0v) is 15.8. The molecule has 1 saturated carbocycles. The van der Waals surface area contributed by atoms with Gasteiger partial charge in [0, 0.05) is 24.6 Å². The Bertz CT molecular complexity index is 735. The zero-order valence-electron chi connectivity index (χ0n) is 15.8. The second-order valence-corrected chi connectivity index (χ2v) is 6.49. The van der Waals surface area contributed by atoms with E-state index in [0.717, 1.165) is 0 Å². The predicted octanol–water partition coefficient (Wildman–Crippen LogP) is 2.97. The molecule has 0 aromatic heterocycles. The van der Waals surface area contributed by atoms with Gasteiger partial charge in [-0.25, -0.2) is 27.6 Å². The molecule has 0 spiro atoms. The topological polar surface area (TPSA) is 78.9 Å². The summed E-state index contributed by atoms with van der Waals surface area (Å²) >= 11 is 0. The summed E-state index contributed by atoms with van der Waals surface area (Å²) in [5.74, 6) is -16.2. The van der Waals surface area contributed by atoms with Crippen molar-refractivity contribution in [1.82, 2.24) is 0 Å². The lowest BCUT2D eigenvalue weighted by Gasteiger charge is -2.53. The van der Waals surface area contributed by atoms with Crippen LogP contribution in [0.4, 0.5) is 30.7 Å². The Labute approximate surface area is 171 Å². The summed E-state index contributed by atoms with van der Waals surface area (Å²) in [5.41, 5.74) is -14.7. The van der Waals surface area contributed by atoms with Gasteiger partial charge in [0.2, 0.25) is 11.3 Å². The van der Waals surface area contributed by atoms with Crippen LogP contribution >= 0.6 is 0 Å². The SMILES string of the molecule is C=CC(=O)OCC1(F)CC(F)(COC(=O)C=C)C(F)(F)C(F)(COC(=O)C=C)C1(F)F. The molecule has 6 nitrogen and oxygen atoms in total. The van der Waals surface area contributed by atoms with Crippen molar-refractivity contribution in [2.24, 2.45) is 0 Å². The molecule has 31 heavy (non-hydrogen) atoms. The van der Waals surface area contributed by atoms with E-state index in [-0.39, 0.29) is 0 Å². The minimum Gasteiger partial charge on any atom is -0.459 e. The Hall–Kier alpha value is -2.86. The number of alkyl halides is 7. The fraction of sp³-hybridized carbons (Fsp3) is 0.500. The molecule has 0 N–H and O–H groups in total. The summed E-state index contributed by atoms with van der Waals surface area (Å²) in [4.78, 5) is 33.3. The summed E-state index contributed by atoms with van der Waals surface area (Å²) in [6.45, 7) is 1.95. The highest BCUT2D eigenvalue weighted by molar-refractivity contribution is 5.82. The molecule has 0 saturated heterocycles. The molecule has 2 unspecified atom stereocenters. The molecule has 0 aliphatic heterocycles. The van der Waals surface area contributed by atoms with Crippen molar-refractivity contribution in [2.45, 2.75) is 35.3 Å². The molecular formula is C18H17F7O6. The summed E-state index contributed by atoms with van der Waals surface area (Å²) in [6.07, 6.45) is -1.38. The van der Waals surface area contributed by atoms with Crippen molar-refractivity contribution in [3.8, 4) is 0 Å². The molecule has 13 heteroatoms. The van der Waals surface area contributed by atoms with Gasteiger partial charge in [-0.3, -0.25) is 0 Å². The molecule has 1 fully saturated rings. The van der Waals surface area contributed by atoms with E-state index in [0.29, 0.717) is 18.2 Å². The Balaban J connectivity index is 3.57. The summed E-state index contributed by atoms with van der Waals surface area (Å²) in [7, 11) is 0. The van der Waals surface area contributed by atoms with Crippen molar-refractivity contribution in [1.29, 1.82) is 0 Å². The normalized spacial score (nSPS) is 31.1. The van der Waals surface area contributed by atoms with Crippen LogP contribution in [0.25, 0.3) is 0 Å². The second kappa shape index (κ2) is 8.71. The van der Waals surface area contributed by atoms with E-state index in [1.807, 2.05) is 0 Å². The first kappa shape index (κ1) is 26.2. The van der Waals surface area contributed by atoms with Crippen LogP contribution in [0.1, 0.15) is 6.42 Å². The maximum absolute atomic E-state index is 15.2. The second-order valence-electron chi connectivity index (χ2n) is 6.49. The van der Waals surface area contributed by atoms with Gasteiger partial charge in [-0.2, -0.15) is 17.6 Å². The highest BCUT2D eigenvalue weighted by Crippen LogP contribution is 2.63. The molecule has 174 valence electrons. The Morgan fingerprint density at radius 2 is 0.935 bits per heavy atom. The molecule has 0 heterocycles. The van der Waals surface area contributed by atoms with Crippen LogP contribution in [0.3, 0.4) is 0 Å². The lowest BCUT2D eigenvalue weighted by molar-refractivity contribution is -0.377. The smallest absolute Gasteiger partial charge is 0.330 e. The van der Waals surface area contributed by atoms with E-state index in [1.54, 1.807) is 0 Å². The third kappa shape index (κ3) is 4.30. The van der Waals surface area contributed by atoms with Crippen LogP contribution in [0.5, 0.6) is 0 Å². The van der Waals surface area contributed by atoms with Gasteiger partial charge in [-0.1, -0.05) is 19.7 Å². The number of hydrogen-bond donors (Lipinski definition) is 0. The Morgan fingerprint density at radius 3 is 1.23 bits per heavy atom. The first-order chi connectivity index (χ1) is 14.1. The number of rotatable bonds is 9. The molecule has 0 radical (unpaired) electrons. The zero-order chi connectivity index (χ0) is 24.3. The number of hydrogen-bond acceptors (Lipinski definition) is 6. The first-order valence-corrected chi connectivity index (χ1v) is 8.27. The molecule has 1 aliphatic rings. The predicted molar refractivity (Wildman–Crippen MR) is 89.5 cm³/mol. The van der Waals surface area contributed by atoms with Crippen LogP contribution in [0.15, 0.2) is 38.0 Å². The van der Waals surface area contributed by atoms with Crippen molar-refractivity contribution >= 4 is 17.9 Å². The average molecular weight is 462 g/mol. The molecule has 0 amide bonds. The van der Waals surface area contributed by atoms with Crippen LogP contribution in [-0.4, -0.2) is 66.6 Å². The van der Waals surface area contributed by atoms with Gasteiger partial charge in [0.1, 0.15) is 19.8 Å². The fourth-order valence-electron chi connectivity index (χ4n) is 2.76. The van der Waals surface area contributed by atoms with Crippen molar-refractivity contribution in [2.75, 3.05) is 19.8 Å².